The van der Waals surface area contributed by atoms with Crippen molar-refractivity contribution in [3.63, 3.8) is 0 Å². The van der Waals surface area contributed by atoms with Crippen molar-refractivity contribution in [1.82, 2.24) is 10.3 Å². The molecule has 0 spiro atoms. The number of piperidine rings is 1. The highest BCUT2D eigenvalue weighted by molar-refractivity contribution is 5.25. The van der Waals surface area contributed by atoms with Crippen LogP contribution in [0.25, 0.3) is 0 Å². The molecule has 1 aliphatic rings. The van der Waals surface area contributed by atoms with Crippen molar-refractivity contribution in [3.8, 4) is 11.6 Å². The maximum Gasteiger partial charge on any atom is 0.216 e. The second-order valence-electron chi connectivity index (χ2n) is 4.04. The van der Waals surface area contributed by atoms with E-state index in [9.17, 15) is 0 Å². The molecule has 2 rings (SSSR count). The lowest BCUT2D eigenvalue weighted by Gasteiger charge is -2.22. The number of hydrogen-bond donors (Lipinski definition) is 1. The fourth-order valence-corrected chi connectivity index (χ4v) is 1.86. The van der Waals surface area contributed by atoms with Crippen molar-refractivity contribution in [2.45, 2.75) is 12.8 Å². The van der Waals surface area contributed by atoms with E-state index in [2.05, 4.69) is 10.3 Å². The van der Waals surface area contributed by atoms with Crippen molar-refractivity contribution in [3.05, 3.63) is 18.3 Å². The van der Waals surface area contributed by atoms with Crippen LogP contribution in [-0.2, 0) is 0 Å². The first-order valence-corrected chi connectivity index (χ1v) is 5.72. The van der Waals surface area contributed by atoms with Gasteiger partial charge in [-0.05, 0) is 37.9 Å². The smallest absolute Gasteiger partial charge is 0.216 e. The number of aromatic nitrogens is 1. The summed E-state index contributed by atoms with van der Waals surface area (Å²) < 4.78 is 10.8. The van der Waals surface area contributed by atoms with Crippen LogP contribution in [0.3, 0.4) is 0 Å². The Labute approximate surface area is 96.0 Å². The van der Waals surface area contributed by atoms with Gasteiger partial charge in [0.1, 0.15) is 5.75 Å². The molecule has 0 radical (unpaired) electrons. The van der Waals surface area contributed by atoms with Gasteiger partial charge in [0.15, 0.2) is 0 Å². The second kappa shape index (κ2) is 5.70. The number of ether oxygens (including phenoxy) is 2. The van der Waals surface area contributed by atoms with Crippen molar-refractivity contribution >= 4 is 0 Å². The van der Waals surface area contributed by atoms with E-state index in [1.807, 2.05) is 12.1 Å². The fourth-order valence-electron chi connectivity index (χ4n) is 1.86. The molecule has 0 aromatic carbocycles. The highest BCUT2D eigenvalue weighted by Gasteiger charge is 2.13. The standard InChI is InChI=1S/C12H18N2O2/c1-15-12-8-11(4-7-14-12)16-9-10-2-5-13-6-3-10/h4,7-8,10,13H,2-3,5-6,9H2,1H3. The van der Waals surface area contributed by atoms with Crippen molar-refractivity contribution in [2.24, 2.45) is 5.92 Å². The van der Waals surface area contributed by atoms with Gasteiger partial charge in [0.05, 0.1) is 13.7 Å². The Morgan fingerprint density at radius 3 is 3.00 bits per heavy atom. The Morgan fingerprint density at radius 1 is 1.44 bits per heavy atom. The van der Waals surface area contributed by atoms with Gasteiger partial charge >= 0.3 is 0 Å². The van der Waals surface area contributed by atoms with E-state index in [-0.39, 0.29) is 0 Å². The predicted molar refractivity (Wildman–Crippen MR) is 61.9 cm³/mol. The van der Waals surface area contributed by atoms with E-state index in [4.69, 9.17) is 9.47 Å². The maximum absolute atomic E-state index is 5.74. The summed E-state index contributed by atoms with van der Waals surface area (Å²) in [6.45, 7) is 3.00. The highest BCUT2D eigenvalue weighted by Crippen LogP contribution is 2.18. The van der Waals surface area contributed by atoms with Gasteiger partial charge in [0.2, 0.25) is 5.88 Å². The molecule has 1 aromatic rings. The Bertz CT molecular complexity index is 325. The second-order valence-corrected chi connectivity index (χ2v) is 4.04. The Morgan fingerprint density at radius 2 is 2.25 bits per heavy atom. The molecule has 88 valence electrons. The molecule has 0 amide bonds. The molecule has 1 saturated heterocycles. The van der Waals surface area contributed by atoms with E-state index in [1.165, 1.54) is 12.8 Å². The van der Waals surface area contributed by atoms with Gasteiger partial charge in [-0.1, -0.05) is 0 Å². The minimum absolute atomic E-state index is 0.600. The summed E-state index contributed by atoms with van der Waals surface area (Å²) in [6, 6.07) is 3.69. The number of nitrogens with zero attached hydrogens (tertiary/aromatic N) is 1. The summed E-state index contributed by atoms with van der Waals surface area (Å²) in [4.78, 5) is 4.04. The van der Waals surface area contributed by atoms with E-state index >= 15 is 0 Å². The number of rotatable bonds is 4. The third-order valence-electron chi connectivity index (χ3n) is 2.86. The van der Waals surface area contributed by atoms with Crippen LogP contribution in [-0.4, -0.2) is 31.8 Å². The lowest BCUT2D eigenvalue weighted by atomic mass is 9.99. The van der Waals surface area contributed by atoms with Gasteiger partial charge in [-0.3, -0.25) is 0 Å². The van der Waals surface area contributed by atoms with Crippen LogP contribution in [0.5, 0.6) is 11.6 Å². The minimum Gasteiger partial charge on any atom is -0.493 e. The van der Waals surface area contributed by atoms with Gasteiger partial charge in [-0.15, -0.1) is 0 Å². The molecular weight excluding hydrogens is 204 g/mol. The molecule has 16 heavy (non-hydrogen) atoms. The predicted octanol–water partition coefficient (Wildman–Crippen LogP) is 1.47. The average Bonchev–Trinajstić information content (AvgIpc) is 2.38. The summed E-state index contributed by atoms with van der Waals surface area (Å²) >= 11 is 0. The highest BCUT2D eigenvalue weighted by atomic mass is 16.5. The molecule has 0 atom stereocenters. The zero-order chi connectivity index (χ0) is 11.2. The monoisotopic (exact) mass is 222 g/mol. The van der Waals surface area contributed by atoms with Gasteiger partial charge in [-0.2, -0.15) is 0 Å². The molecule has 1 aliphatic heterocycles. The van der Waals surface area contributed by atoms with Crippen molar-refractivity contribution < 1.29 is 9.47 Å². The Balaban J connectivity index is 1.83. The number of nitrogens with one attached hydrogen (secondary N) is 1. The largest absolute Gasteiger partial charge is 0.493 e. The normalized spacial score (nSPS) is 17.1. The van der Waals surface area contributed by atoms with Crippen molar-refractivity contribution in [1.29, 1.82) is 0 Å². The first-order valence-electron chi connectivity index (χ1n) is 5.72. The molecule has 1 aromatic heterocycles. The van der Waals surface area contributed by atoms with Crippen LogP contribution in [0, 0.1) is 5.92 Å². The third-order valence-corrected chi connectivity index (χ3v) is 2.86. The van der Waals surface area contributed by atoms with Gasteiger partial charge in [-0.25, -0.2) is 4.98 Å². The summed E-state index contributed by atoms with van der Waals surface area (Å²) in [6.07, 6.45) is 4.10. The van der Waals surface area contributed by atoms with Crippen molar-refractivity contribution in [2.75, 3.05) is 26.8 Å². The summed E-state index contributed by atoms with van der Waals surface area (Å²) in [5, 5.41) is 3.35. The van der Waals surface area contributed by atoms with E-state index < -0.39 is 0 Å². The summed E-state index contributed by atoms with van der Waals surface area (Å²) in [7, 11) is 1.61. The molecule has 0 aliphatic carbocycles. The van der Waals surface area contributed by atoms with E-state index in [1.54, 1.807) is 13.3 Å². The average molecular weight is 222 g/mol. The lowest BCUT2D eigenvalue weighted by Crippen LogP contribution is -2.30. The topological polar surface area (TPSA) is 43.4 Å². The molecular formula is C12H18N2O2. The van der Waals surface area contributed by atoms with E-state index in [0.717, 1.165) is 25.4 Å². The van der Waals surface area contributed by atoms with Crippen LogP contribution in [0.15, 0.2) is 18.3 Å². The first-order chi connectivity index (χ1) is 7.88. The molecule has 4 nitrogen and oxygen atoms in total. The summed E-state index contributed by atoms with van der Waals surface area (Å²) in [5.41, 5.74) is 0. The maximum atomic E-state index is 5.74. The minimum atomic E-state index is 0.600. The van der Waals surface area contributed by atoms with Gasteiger partial charge < -0.3 is 14.8 Å². The first kappa shape index (κ1) is 11.2. The molecule has 0 bridgehead atoms. The van der Waals surface area contributed by atoms with Crippen LogP contribution in [0.1, 0.15) is 12.8 Å². The van der Waals surface area contributed by atoms with Gasteiger partial charge in [0, 0.05) is 12.3 Å². The molecule has 2 heterocycles. The van der Waals surface area contributed by atoms with Crippen LogP contribution in [0.4, 0.5) is 0 Å². The number of hydrogen-bond acceptors (Lipinski definition) is 4. The molecule has 4 heteroatoms. The molecule has 1 N–H and O–H groups in total. The Hall–Kier alpha value is -1.29. The zero-order valence-corrected chi connectivity index (χ0v) is 9.61. The number of pyridine rings is 1. The quantitative estimate of drug-likeness (QED) is 0.837. The number of methoxy groups -OCH3 is 1. The molecule has 0 saturated carbocycles. The van der Waals surface area contributed by atoms with Crippen LogP contribution < -0.4 is 14.8 Å². The van der Waals surface area contributed by atoms with Crippen LogP contribution in [0.2, 0.25) is 0 Å². The molecule has 0 unspecified atom stereocenters. The third kappa shape index (κ3) is 3.10. The lowest BCUT2D eigenvalue weighted by molar-refractivity contribution is 0.214. The summed E-state index contributed by atoms with van der Waals surface area (Å²) in [5.74, 6) is 2.11. The zero-order valence-electron chi connectivity index (χ0n) is 9.61. The van der Waals surface area contributed by atoms with E-state index in [0.29, 0.717) is 11.8 Å². The fraction of sp³-hybridized carbons (Fsp3) is 0.583. The molecule has 1 fully saturated rings. The van der Waals surface area contributed by atoms with Gasteiger partial charge in [0.25, 0.3) is 0 Å². The SMILES string of the molecule is COc1cc(OCC2CCNCC2)ccn1. The Kier molecular flexibility index (Phi) is 3.99. The van der Waals surface area contributed by atoms with Crippen LogP contribution >= 0.6 is 0 Å².